The molecule has 4 atom stereocenters. The Bertz CT molecular complexity index is 635. The normalized spacial score (nSPS) is 34.8. The van der Waals surface area contributed by atoms with Gasteiger partial charge in [0.25, 0.3) is 0 Å². The van der Waals surface area contributed by atoms with E-state index in [9.17, 15) is 4.79 Å². The topological polar surface area (TPSA) is 32.3 Å². The molecule has 0 spiro atoms. The molecule has 130 valence electrons. The predicted octanol–water partition coefficient (Wildman–Crippen LogP) is 5.65. The fraction of sp³-hybridized carbons (Fsp3) is 0.650. The Labute approximate surface area is 149 Å². The zero-order valence-corrected chi connectivity index (χ0v) is 15.4. The summed E-state index contributed by atoms with van der Waals surface area (Å²) in [5, 5.41) is 3.96. The molecule has 4 heteroatoms. The lowest BCUT2D eigenvalue weighted by molar-refractivity contribution is -0.00600. The second kappa shape index (κ2) is 6.25. The summed E-state index contributed by atoms with van der Waals surface area (Å²) in [6.07, 6.45) is 7.22. The van der Waals surface area contributed by atoms with Crippen LogP contribution in [0.25, 0.3) is 0 Å². The summed E-state index contributed by atoms with van der Waals surface area (Å²) in [5.41, 5.74) is 2.09. The first-order chi connectivity index (χ1) is 11.5. The van der Waals surface area contributed by atoms with E-state index >= 15 is 0 Å². The van der Waals surface area contributed by atoms with Crippen molar-refractivity contribution in [1.29, 1.82) is 0 Å². The van der Waals surface area contributed by atoms with Crippen molar-refractivity contribution in [2.75, 3.05) is 5.32 Å². The molecule has 2 saturated carbocycles. The maximum Gasteiger partial charge on any atom is 0.322 e. The minimum Gasteiger partial charge on any atom is -0.318 e. The second-order valence-electron chi connectivity index (χ2n) is 8.21. The van der Waals surface area contributed by atoms with Crippen molar-refractivity contribution < 1.29 is 4.79 Å². The number of carbonyl (C=O) groups is 1. The Morgan fingerprint density at radius 3 is 2.58 bits per heavy atom. The van der Waals surface area contributed by atoms with Crippen LogP contribution in [0.4, 0.5) is 10.5 Å². The number of benzene rings is 1. The highest BCUT2D eigenvalue weighted by molar-refractivity contribution is 6.31. The third-order valence-corrected chi connectivity index (χ3v) is 6.77. The molecule has 0 radical (unpaired) electrons. The molecule has 2 unspecified atom stereocenters. The molecule has 2 aliphatic carbocycles. The predicted molar refractivity (Wildman–Crippen MR) is 98.7 cm³/mol. The van der Waals surface area contributed by atoms with Crippen molar-refractivity contribution in [2.24, 2.45) is 11.8 Å². The lowest BCUT2D eigenvalue weighted by Crippen LogP contribution is -2.63. The van der Waals surface area contributed by atoms with Crippen LogP contribution in [0, 0.1) is 11.8 Å². The first kappa shape index (κ1) is 16.3. The zero-order chi connectivity index (χ0) is 16.8. The van der Waals surface area contributed by atoms with Gasteiger partial charge in [0.2, 0.25) is 0 Å². The second-order valence-corrected chi connectivity index (χ2v) is 8.62. The number of anilines is 1. The van der Waals surface area contributed by atoms with Crippen molar-refractivity contribution >= 4 is 23.3 Å². The van der Waals surface area contributed by atoms with Gasteiger partial charge in [0.05, 0.1) is 0 Å². The number of urea groups is 1. The van der Waals surface area contributed by atoms with Gasteiger partial charge in [-0.3, -0.25) is 0 Å². The van der Waals surface area contributed by atoms with E-state index in [-0.39, 0.29) is 6.03 Å². The molecule has 3 nitrogen and oxygen atoms in total. The van der Waals surface area contributed by atoms with Crippen LogP contribution in [0.2, 0.25) is 5.02 Å². The molecule has 2 saturated heterocycles. The quantitative estimate of drug-likeness (QED) is 0.737. The molecule has 24 heavy (non-hydrogen) atoms. The van der Waals surface area contributed by atoms with Gasteiger partial charge in [-0.05, 0) is 67.2 Å². The van der Waals surface area contributed by atoms with E-state index in [0.29, 0.717) is 23.9 Å². The molecule has 5 rings (SSSR count). The molecule has 4 aliphatic rings. The third kappa shape index (κ3) is 2.81. The standard InChI is InChI=1S/C20H27ClN2O/c1-12-8-15-11-16(9-12)23(15)20(24)22-14-6-7-19(21)18(10-14)17-5-3-4-13(17)2/h6-7,10,12-13,15-17H,3-5,8-9,11H2,1-2H3,(H,22,24)/t12?,13-,15?,16?,17-/m1/s1. The maximum absolute atomic E-state index is 12.7. The van der Waals surface area contributed by atoms with Crippen molar-refractivity contribution in [3.8, 4) is 0 Å². The lowest BCUT2D eigenvalue weighted by atomic mass is 9.74. The Morgan fingerprint density at radius 2 is 1.92 bits per heavy atom. The molecule has 4 fully saturated rings. The van der Waals surface area contributed by atoms with Gasteiger partial charge in [0.1, 0.15) is 0 Å². The van der Waals surface area contributed by atoms with Gasteiger partial charge in [-0.15, -0.1) is 0 Å². The number of halogens is 1. The average Bonchev–Trinajstić information content (AvgIpc) is 2.94. The van der Waals surface area contributed by atoms with Crippen LogP contribution < -0.4 is 5.32 Å². The molecule has 1 N–H and O–H groups in total. The number of hydrogen-bond acceptors (Lipinski definition) is 1. The van der Waals surface area contributed by atoms with Crippen LogP contribution in [0.1, 0.15) is 63.9 Å². The number of piperidine rings is 1. The Balaban J connectivity index is 1.48. The van der Waals surface area contributed by atoms with Crippen molar-refractivity contribution in [2.45, 2.75) is 70.4 Å². The monoisotopic (exact) mass is 346 g/mol. The van der Waals surface area contributed by atoms with Crippen LogP contribution in [0.3, 0.4) is 0 Å². The van der Waals surface area contributed by atoms with E-state index in [1.807, 2.05) is 12.1 Å². The van der Waals surface area contributed by atoms with Gasteiger partial charge in [-0.25, -0.2) is 4.79 Å². The van der Waals surface area contributed by atoms with E-state index in [1.165, 1.54) is 31.2 Å². The van der Waals surface area contributed by atoms with Crippen LogP contribution in [0.15, 0.2) is 18.2 Å². The Hall–Kier alpha value is -1.22. The van der Waals surface area contributed by atoms with Crippen LogP contribution >= 0.6 is 11.6 Å². The molecule has 1 aromatic rings. The van der Waals surface area contributed by atoms with Crippen molar-refractivity contribution in [3.05, 3.63) is 28.8 Å². The maximum atomic E-state index is 12.7. The zero-order valence-electron chi connectivity index (χ0n) is 14.6. The van der Waals surface area contributed by atoms with Gasteiger partial charge in [-0.2, -0.15) is 0 Å². The summed E-state index contributed by atoms with van der Waals surface area (Å²) in [4.78, 5) is 14.7. The number of fused-ring (bicyclic) bond motifs is 2. The third-order valence-electron chi connectivity index (χ3n) is 6.42. The van der Waals surface area contributed by atoms with Crippen LogP contribution in [-0.2, 0) is 0 Å². The highest BCUT2D eigenvalue weighted by Crippen LogP contribution is 2.43. The SMILES string of the molecule is CC1CC2CC(C1)N2C(=O)Nc1ccc(Cl)c([C@@H]2CCC[C@H]2C)c1. The summed E-state index contributed by atoms with van der Waals surface area (Å²) < 4.78 is 0. The van der Waals surface area contributed by atoms with E-state index in [2.05, 4.69) is 30.1 Å². The van der Waals surface area contributed by atoms with E-state index in [0.717, 1.165) is 29.5 Å². The molecule has 2 heterocycles. The van der Waals surface area contributed by atoms with Gasteiger partial charge >= 0.3 is 6.03 Å². The summed E-state index contributed by atoms with van der Waals surface area (Å²) in [5.74, 6) is 1.95. The lowest BCUT2D eigenvalue weighted by Gasteiger charge is -2.54. The Morgan fingerprint density at radius 1 is 1.17 bits per heavy atom. The molecule has 1 aromatic carbocycles. The molecule has 2 aliphatic heterocycles. The van der Waals surface area contributed by atoms with Gasteiger partial charge in [0, 0.05) is 22.8 Å². The number of amides is 2. The number of nitrogens with zero attached hydrogens (tertiary/aromatic N) is 1. The minimum atomic E-state index is 0.0656. The van der Waals surface area contributed by atoms with E-state index in [4.69, 9.17) is 11.6 Å². The van der Waals surface area contributed by atoms with Crippen LogP contribution in [-0.4, -0.2) is 23.0 Å². The Kier molecular flexibility index (Phi) is 4.24. The fourth-order valence-electron chi connectivity index (χ4n) is 5.18. The van der Waals surface area contributed by atoms with E-state index < -0.39 is 0 Å². The first-order valence-corrected chi connectivity index (χ1v) is 9.79. The molecule has 2 amide bonds. The van der Waals surface area contributed by atoms with Gasteiger partial charge in [0.15, 0.2) is 0 Å². The summed E-state index contributed by atoms with van der Waals surface area (Å²) in [6, 6.07) is 6.93. The fourth-order valence-corrected chi connectivity index (χ4v) is 5.44. The van der Waals surface area contributed by atoms with Gasteiger partial charge in [-0.1, -0.05) is 38.3 Å². The minimum absolute atomic E-state index is 0.0656. The van der Waals surface area contributed by atoms with Crippen molar-refractivity contribution in [1.82, 2.24) is 4.90 Å². The smallest absolute Gasteiger partial charge is 0.318 e. The van der Waals surface area contributed by atoms with Gasteiger partial charge < -0.3 is 10.2 Å². The highest BCUT2D eigenvalue weighted by Gasteiger charge is 2.46. The summed E-state index contributed by atoms with van der Waals surface area (Å²) in [6.45, 7) is 4.60. The average molecular weight is 347 g/mol. The number of carbonyl (C=O) groups excluding carboxylic acids is 1. The molecular weight excluding hydrogens is 320 g/mol. The molecule has 0 aromatic heterocycles. The van der Waals surface area contributed by atoms with Crippen LogP contribution in [0.5, 0.6) is 0 Å². The summed E-state index contributed by atoms with van der Waals surface area (Å²) in [7, 11) is 0. The largest absolute Gasteiger partial charge is 0.322 e. The van der Waals surface area contributed by atoms with Crippen molar-refractivity contribution in [3.63, 3.8) is 0 Å². The molecule has 2 bridgehead atoms. The van der Waals surface area contributed by atoms with E-state index in [1.54, 1.807) is 0 Å². The number of rotatable bonds is 2. The summed E-state index contributed by atoms with van der Waals surface area (Å²) >= 11 is 6.45. The number of nitrogens with one attached hydrogen (secondary N) is 1. The highest BCUT2D eigenvalue weighted by atomic mass is 35.5. The molecular formula is C20H27ClN2O. The first-order valence-electron chi connectivity index (χ1n) is 9.41. The number of hydrogen-bond donors (Lipinski definition) is 1.